The van der Waals surface area contributed by atoms with Crippen molar-refractivity contribution in [2.45, 2.75) is 51.9 Å². The number of hydrogen-bond acceptors (Lipinski definition) is 6. The molecular weight excluding hydrogens is 556 g/mol. The van der Waals surface area contributed by atoms with E-state index >= 15 is 0 Å². The van der Waals surface area contributed by atoms with Gasteiger partial charge in [-0.05, 0) is 59.7 Å². The fraction of sp³-hybridized carbons (Fsp3) is 0.500. The lowest BCUT2D eigenvalue weighted by atomic mass is 10.0. The van der Waals surface area contributed by atoms with E-state index in [0.717, 1.165) is 18.4 Å². The van der Waals surface area contributed by atoms with E-state index in [4.69, 9.17) is 4.74 Å². The molecule has 6 rings (SSSR count). The van der Waals surface area contributed by atoms with Crippen molar-refractivity contribution in [1.29, 1.82) is 0 Å². The molecule has 1 spiro atoms. The standard InChI is InChI=1S/C26H29BrN6O5/c1-3-38-24(36)21-22(27)31-11-10-30(13-19(31)28-21)23(35)18-12-26(8-9-26)15-33(18)20(34)14-32-17-7-5-4-6-16(17)29(2)25(32)37/h4-7,18H,3,8-15H2,1-2H3/t18-/m0/s1. The van der Waals surface area contributed by atoms with E-state index in [1.165, 1.54) is 9.13 Å². The Morgan fingerprint density at radius 1 is 1.16 bits per heavy atom. The summed E-state index contributed by atoms with van der Waals surface area (Å²) < 4.78 is 10.6. The number of halogens is 1. The highest BCUT2D eigenvalue weighted by molar-refractivity contribution is 9.10. The number of nitrogens with zero attached hydrogens (tertiary/aromatic N) is 6. The molecule has 200 valence electrons. The van der Waals surface area contributed by atoms with E-state index in [9.17, 15) is 19.2 Å². The third-order valence-electron chi connectivity index (χ3n) is 8.11. The monoisotopic (exact) mass is 584 g/mol. The Balaban J connectivity index is 1.23. The topological polar surface area (TPSA) is 112 Å². The predicted molar refractivity (Wildman–Crippen MR) is 140 cm³/mol. The van der Waals surface area contributed by atoms with E-state index in [2.05, 4.69) is 20.9 Å². The lowest BCUT2D eigenvalue weighted by Crippen LogP contribution is -2.50. The third-order valence-corrected chi connectivity index (χ3v) is 8.91. The second-order valence-corrected chi connectivity index (χ2v) is 11.2. The summed E-state index contributed by atoms with van der Waals surface area (Å²) in [5.74, 6) is -0.253. The molecule has 11 nitrogen and oxygen atoms in total. The van der Waals surface area contributed by atoms with E-state index in [1.807, 2.05) is 28.8 Å². The molecule has 4 heterocycles. The molecule has 1 saturated carbocycles. The molecule has 2 amide bonds. The lowest BCUT2D eigenvalue weighted by molar-refractivity contribution is -0.145. The van der Waals surface area contributed by atoms with Gasteiger partial charge in [-0.25, -0.2) is 14.6 Å². The van der Waals surface area contributed by atoms with Crippen LogP contribution in [0.2, 0.25) is 0 Å². The highest BCUT2D eigenvalue weighted by Crippen LogP contribution is 2.55. The van der Waals surface area contributed by atoms with Crippen LogP contribution < -0.4 is 5.69 Å². The molecule has 1 aliphatic carbocycles. The van der Waals surface area contributed by atoms with Crippen molar-refractivity contribution in [2.75, 3.05) is 19.7 Å². The molecule has 1 aromatic carbocycles. The Kier molecular flexibility index (Phi) is 5.97. The quantitative estimate of drug-likeness (QED) is 0.423. The fourth-order valence-electron chi connectivity index (χ4n) is 5.84. The number of benzene rings is 1. The summed E-state index contributed by atoms with van der Waals surface area (Å²) >= 11 is 3.45. The molecule has 12 heteroatoms. The van der Waals surface area contributed by atoms with Crippen LogP contribution in [0.1, 0.15) is 42.5 Å². The average molecular weight is 585 g/mol. The Morgan fingerprint density at radius 2 is 1.89 bits per heavy atom. The first kappa shape index (κ1) is 24.9. The van der Waals surface area contributed by atoms with Crippen LogP contribution in [-0.4, -0.2) is 72.0 Å². The highest BCUT2D eigenvalue weighted by Gasteiger charge is 2.55. The van der Waals surface area contributed by atoms with Gasteiger partial charge in [0.05, 0.1) is 24.2 Å². The second-order valence-electron chi connectivity index (χ2n) is 10.5. The number of imidazole rings is 2. The molecule has 1 saturated heterocycles. The van der Waals surface area contributed by atoms with Crippen molar-refractivity contribution >= 4 is 44.7 Å². The van der Waals surface area contributed by atoms with Crippen LogP contribution in [0.15, 0.2) is 33.7 Å². The summed E-state index contributed by atoms with van der Waals surface area (Å²) in [4.78, 5) is 60.5. The zero-order valence-electron chi connectivity index (χ0n) is 21.4. The molecule has 0 bridgehead atoms. The van der Waals surface area contributed by atoms with Gasteiger partial charge in [0.15, 0.2) is 5.69 Å². The molecule has 3 aromatic rings. The molecule has 2 aliphatic heterocycles. The maximum absolute atomic E-state index is 13.8. The molecule has 0 N–H and O–H groups in total. The fourth-order valence-corrected chi connectivity index (χ4v) is 6.48. The Bertz CT molecular complexity index is 1530. The summed E-state index contributed by atoms with van der Waals surface area (Å²) in [5, 5.41) is 0. The van der Waals surface area contributed by atoms with Crippen LogP contribution in [0.3, 0.4) is 0 Å². The highest BCUT2D eigenvalue weighted by atomic mass is 79.9. The maximum atomic E-state index is 13.8. The molecule has 38 heavy (non-hydrogen) atoms. The molecule has 2 aromatic heterocycles. The smallest absolute Gasteiger partial charge is 0.359 e. The number of ether oxygens (including phenoxy) is 1. The summed E-state index contributed by atoms with van der Waals surface area (Å²) in [7, 11) is 1.69. The number of carbonyl (C=O) groups is 3. The molecule has 1 atom stereocenters. The molecule has 2 fully saturated rings. The number of amides is 2. The van der Waals surface area contributed by atoms with Gasteiger partial charge in [0.1, 0.15) is 23.0 Å². The van der Waals surface area contributed by atoms with Crippen LogP contribution in [-0.2, 0) is 41.0 Å². The summed E-state index contributed by atoms with van der Waals surface area (Å²) in [6.45, 7) is 3.56. The van der Waals surface area contributed by atoms with Crippen LogP contribution in [0.5, 0.6) is 0 Å². The maximum Gasteiger partial charge on any atom is 0.359 e. The SMILES string of the molecule is CCOC(=O)c1nc2n(c1Br)CCN(C(=O)[C@@H]1CC3(CC3)CN1C(=O)Cn1c(=O)n(C)c3ccccc31)C2. The number of likely N-dealkylation sites (tertiary alicyclic amines) is 1. The first-order valence-corrected chi connectivity index (χ1v) is 13.7. The summed E-state index contributed by atoms with van der Waals surface area (Å²) in [6.07, 6.45) is 2.62. The number of aryl methyl sites for hydroxylation is 1. The number of carbonyl (C=O) groups excluding carboxylic acids is 3. The minimum Gasteiger partial charge on any atom is -0.461 e. The first-order valence-electron chi connectivity index (χ1n) is 12.9. The van der Waals surface area contributed by atoms with E-state index in [1.54, 1.807) is 23.8 Å². The number of para-hydroxylation sites is 2. The van der Waals surface area contributed by atoms with Crippen LogP contribution in [0.4, 0.5) is 0 Å². The van der Waals surface area contributed by atoms with Crippen molar-refractivity contribution in [2.24, 2.45) is 12.5 Å². The van der Waals surface area contributed by atoms with Gasteiger partial charge in [-0.1, -0.05) is 12.1 Å². The Hall–Kier alpha value is -3.41. The van der Waals surface area contributed by atoms with E-state index in [-0.39, 0.29) is 48.3 Å². The zero-order chi connectivity index (χ0) is 26.8. The number of hydrogen-bond donors (Lipinski definition) is 0. The van der Waals surface area contributed by atoms with Gasteiger partial charge in [0, 0.05) is 26.7 Å². The van der Waals surface area contributed by atoms with E-state index in [0.29, 0.717) is 42.0 Å². The van der Waals surface area contributed by atoms with Crippen LogP contribution >= 0.6 is 15.9 Å². The summed E-state index contributed by atoms with van der Waals surface area (Å²) in [5.41, 5.74) is 1.39. The molecule has 3 aliphatic rings. The first-order chi connectivity index (χ1) is 18.2. The van der Waals surface area contributed by atoms with Gasteiger partial charge in [-0.2, -0.15) is 0 Å². The number of esters is 1. The van der Waals surface area contributed by atoms with Gasteiger partial charge >= 0.3 is 11.7 Å². The normalized spacial score (nSPS) is 19.7. The second kappa shape index (κ2) is 9.11. The molecule has 0 radical (unpaired) electrons. The Morgan fingerprint density at radius 3 is 2.61 bits per heavy atom. The van der Waals surface area contributed by atoms with Gasteiger partial charge in [0.25, 0.3) is 0 Å². The van der Waals surface area contributed by atoms with Crippen molar-refractivity contribution in [3.8, 4) is 0 Å². The predicted octanol–water partition coefficient (Wildman–Crippen LogP) is 1.90. The Labute approximate surface area is 227 Å². The average Bonchev–Trinajstić information content (AvgIpc) is 3.35. The minimum absolute atomic E-state index is 0.00589. The minimum atomic E-state index is -0.579. The molecule has 0 unspecified atom stereocenters. The van der Waals surface area contributed by atoms with Crippen LogP contribution in [0, 0.1) is 5.41 Å². The van der Waals surface area contributed by atoms with Gasteiger partial charge in [-0.3, -0.25) is 18.7 Å². The lowest BCUT2D eigenvalue weighted by Gasteiger charge is -2.33. The van der Waals surface area contributed by atoms with Gasteiger partial charge < -0.3 is 19.1 Å². The largest absolute Gasteiger partial charge is 0.461 e. The number of fused-ring (bicyclic) bond motifs is 2. The van der Waals surface area contributed by atoms with Crippen molar-refractivity contribution in [1.82, 2.24) is 28.5 Å². The van der Waals surface area contributed by atoms with Crippen LogP contribution in [0.25, 0.3) is 11.0 Å². The number of rotatable bonds is 5. The van der Waals surface area contributed by atoms with Crippen molar-refractivity contribution in [3.05, 3.63) is 50.9 Å². The summed E-state index contributed by atoms with van der Waals surface area (Å²) in [6, 6.07) is 6.81. The van der Waals surface area contributed by atoms with Gasteiger partial charge in [0.2, 0.25) is 11.8 Å². The number of aromatic nitrogens is 4. The third kappa shape index (κ3) is 3.96. The van der Waals surface area contributed by atoms with Crippen molar-refractivity contribution in [3.63, 3.8) is 0 Å². The van der Waals surface area contributed by atoms with Gasteiger partial charge in [-0.15, -0.1) is 0 Å². The van der Waals surface area contributed by atoms with E-state index < -0.39 is 12.0 Å². The zero-order valence-corrected chi connectivity index (χ0v) is 22.9. The van der Waals surface area contributed by atoms with Crippen molar-refractivity contribution < 1.29 is 19.1 Å². The molecular formula is C26H29BrN6O5.